The highest BCUT2D eigenvalue weighted by atomic mass is 16.4. The van der Waals surface area contributed by atoms with Crippen LogP contribution in [0.3, 0.4) is 0 Å². The van der Waals surface area contributed by atoms with Crippen LogP contribution in [0.25, 0.3) is 0 Å². The van der Waals surface area contributed by atoms with Gasteiger partial charge in [-0.2, -0.15) is 0 Å². The van der Waals surface area contributed by atoms with Gasteiger partial charge in [0.25, 0.3) is 0 Å². The predicted molar refractivity (Wildman–Crippen MR) is 56.3 cm³/mol. The summed E-state index contributed by atoms with van der Waals surface area (Å²) < 4.78 is 5.36. The molecule has 0 saturated heterocycles. The number of nitrogens with zero attached hydrogens (tertiary/aromatic N) is 1. The van der Waals surface area contributed by atoms with E-state index in [0.29, 0.717) is 19.0 Å². The van der Waals surface area contributed by atoms with Crippen molar-refractivity contribution >= 4 is 5.91 Å². The summed E-state index contributed by atoms with van der Waals surface area (Å²) in [6.45, 7) is 6.64. The number of amides is 1. The molecule has 0 radical (unpaired) electrons. The Kier molecular flexibility index (Phi) is 4.30. The van der Waals surface area contributed by atoms with Gasteiger partial charge < -0.3 is 15.1 Å². The topological polar surface area (TPSA) is 67.2 Å². The Bertz CT molecular complexity index is 322. The normalized spacial score (nSPS) is 12.5. The van der Waals surface area contributed by atoms with Crippen LogP contribution in [0.1, 0.15) is 31.5 Å². The fourth-order valence-electron chi connectivity index (χ4n) is 1.19. The minimum absolute atomic E-state index is 0.0172. The van der Waals surface area contributed by atoms with Gasteiger partial charge in [-0.05, 0) is 13.8 Å². The van der Waals surface area contributed by atoms with Crippen LogP contribution in [0, 0.1) is 6.92 Å². The lowest BCUT2D eigenvalue weighted by Gasteiger charge is -2.09. The Labute approximate surface area is 89.3 Å². The van der Waals surface area contributed by atoms with Gasteiger partial charge in [0.1, 0.15) is 5.76 Å². The molecule has 5 nitrogen and oxygen atoms in total. The Morgan fingerprint density at radius 3 is 2.87 bits per heavy atom. The van der Waals surface area contributed by atoms with Crippen LogP contribution in [-0.2, 0) is 4.79 Å². The quantitative estimate of drug-likeness (QED) is 0.706. The summed E-state index contributed by atoms with van der Waals surface area (Å²) in [5, 5.41) is 5.90. The molecule has 1 rings (SSSR count). The second kappa shape index (κ2) is 5.50. The Morgan fingerprint density at radius 2 is 2.33 bits per heavy atom. The van der Waals surface area contributed by atoms with Crippen LogP contribution in [0.2, 0.25) is 0 Å². The van der Waals surface area contributed by atoms with E-state index in [-0.39, 0.29) is 11.9 Å². The third kappa shape index (κ3) is 4.12. The van der Waals surface area contributed by atoms with Crippen LogP contribution in [0.15, 0.2) is 10.6 Å². The van der Waals surface area contributed by atoms with E-state index in [1.165, 1.54) is 6.92 Å². The van der Waals surface area contributed by atoms with E-state index in [0.717, 1.165) is 5.76 Å². The number of carbonyl (C=O) groups is 1. The van der Waals surface area contributed by atoms with E-state index < -0.39 is 0 Å². The first kappa shape index (κ1) is 11.7. The van der Waals surface area contributed by atoms with Crippen LogP contribution < -0.4 is 10.6 Å². The van der Waals surface area contributed by atoms with Crippen molar-refractivity contribution < 1.29 is 9.21 Å². The number of hydrogen-bond acceptors (Lipinski definition) is 4. The zero-order chi connectivity index (χ0) is 11.3. The Balaban J connectivity index is 2.24. The summed E-state index contributed by atoms with van der Waals surface area (Å²) in [4.78, 5) is 14.7. The van der Waals surface area contributed by atoms with Crippen molar-refractivity contribution in [3.8, 4) is 0 Å². The van der Waals surface area contributed by atoms with Crippen molar-refractivity contribution in [2.24, 2.45) is 0 Å². The molecule has 0 aliphatic carbocycles. The van der Waals surface area contributed by atoms with Gasteiger partial charge in [-0.1, -0.05) is 0 Å². The summed E-state index contributed by atoms with van der Waals surface area (Å²) in [7, 11) is 0. The molecule has 5 heteroatoms. The second-order valence-electron chi connectivity index (χ2n) is 3.47. The molecular weight excluding hydrogens is 194 g/mol. The number of aryl methyl sites for hydroxylation is 1. The smallest absolute Gasteiger partial charge is 0.216 e. The number of aromatic nitrogens is 1. The lowest BCUT2D eigenvalue weighted by Crippen LogP contribution is -2.31. The first-order valence-electron chi connectivity index (χ1n) is 4.99. The third-order valence-corrected chi connectivity index (χ3v) is 1.96. The maximum Gasteiger partial charge on any atom is 0.216 e. The molecule has 1 atom stereocenters. The molecule has 1 amide bonds. The average molecular weight is 211 g/mol. The summed E-state index contributed by atoms with van der Waals surface area (Å²) >= 11 is 0. The van der Waals surface area contributed by atoms with Crippen molar-refractivity contribution in [3.63, 3.8) is 0 Å². The van der Waals surface area contributed by atoms with Crippen molar-refractivity contribution in [2.45, 2.75) is 26.8 Å². The number of rotatable bonds is 5. The van der Waals surface area contributed by atoms with E-state index in [4.69, 9.17) is 4.42 Å². The van der Waals surface area contributed by atoms with Crippen molar-refractivity contribution in [3.05, 3.63) is 17.8 Å². The first-order valence-corrected chi connectivity index (χ1v) is 4.99. The van der Waals surface area contributed by atoms with Crippen LogP contribution in [0.5, 0.6) is 0 Å². The van der Waals surface area contributed by atoms with Gasteiger partial charge in [0.05, 0.1) is 12.2 Å². The highest BCUT2D eigenvalue weighted by Crippen LogP contribution is 2.10. The molecule has 15 heavy (non-hydrogen) atoms. The van der Waals surface area contributed by atoms with Crippen LogP contribution in [0.4, 0.5) is 0 Å². The minimum Gasteiger partial charge on any atom is -0.444 e. The zero-order valence-electron chi connectivity index (χ0n) is 9.33. The summed E-state index contributed by atoms with van der Waals surface area (Å²) in [5.41, 5.74) is 0. The maximum atomic E-state index is 10.6. The lowest BCUT2D eigenvalue weighted by atomic mass is 10.3. The molecule has 2 N–H and O–H groups in total. The standard InChI is InChI=1S/C10H17N3O2/c1-7-6-13-10(15-7)8(2)11-4-5-12-9(3)14/h6,8,11H,4-5H2,1-3H3,(H,12,14). The fraction of sp³-hybridized carbons (Fsp3) is 0.600. The summed E-state index contributed by atoms with van der Waals surface area (Å²) in [5.74, 6) is 1.47. The fourth-order valence-corrected chi connectivity index (χ4v) is 1.19. The van der Waals surface area contributed by atoms with Gasteiger partial charge >= 0.3 is 0 Å². The number of oxazole rings is 1. The van der Waals surface area contributed by atoms with E-state index in [1.54, 1.807) is 6.20 Å². The van der Waals surface area contributed by atoms with Gasteiger partial charge in [0.15, 0.2) is 0 Å². The van der Waals surface area contributed by atoms with Crippen molar-refractivity contribution in [1.29, 1.82) is 0 Å². The Morgan fingerprint density at radius 1 is 1.60 bits per heavy atom. The molecule has 0 saturated carbocycles. The van der Waals surface area contributed by atoms with E-state index in [1.807, 2.05) is 13.8 Å². The Hall–Kier alpha value is -1.36. The molecule has 0 aromatic carbocycles. The third-order valence-electron chi connectivity index (χ3n) is 1.96. The van der Waals surface area contributed by atoms with E-state index in [2.05, 4.69) is 15.6 Å². The molecule has 84 valence electrons. The molecule has 0 fully saturated rings. The van der Waals surface area contributed by atoms with Gasteiger partial charge in [-0.3, -0.25) is 4.79 Å². The van der Waals surface area contributed by atoms with Gasteiger partial charge in [-0.25, -0.2) is 4.98 Å². The van der Waals surface area contributed by atoms with Gasteiger partial charge in [0.2, 0.25) is 11.8 Å². The molecule has 1 aromatic rings. The summed E-state index contributed by atoms with van der Waals surface area (Å²) in [6, 6.07) is 0.0625. The molecule has 1 heterocycles. The van der Waals surface area contributed by atoms with Crippen molar-refractivity contribution in [2.75, 3.05) is 13.1 Å². The number of carbonyl (C=O) groups excluding carboxylic acids is 1. The number of hydrogen-bond donors (Lipinski definition) is 2. The average Bonchev–Trinajstić information content (AvgIpc) is 2.59. The molecule has 1 aromatic heterocycles. The predicted octanol–water partition coefficient (Wildman–Crippen LogP) is 0.770. The van der Waals surface area contributed by atoms with Crippen molar-refractivity contribution in [1.82, 2.24) is 15.6 Å². The monoisotopic (exact) mass is 211 g/mol. The zero-order valence-corrected chi connectivity index (χ0v) is 9.33. The minimum atomic E-state index is -0.0172. The van der Waals surface area contributed by atoms with Gasteiger partial charge in [-0.15, -0.1) is 0 Å². The molecule has 0 aliphatic heterocycles. The maximum absolute atomic E-state index is 10.6. The summed E-state index contributed by atoms with van der Waals surface area (Å²) in [6.07, 6.45) is 1.70. The lowest BCUT2D eigenvalue weighted by molar-refractivity contribution is -0.118. The second-order valence-corrected chi connectivity index (χ2v) is 3.47. The molecular formula is C10H17N3O2. The van der Waals surface area contributed by atoms with E-state index in [9.17, 15) is 4.79 Å². The molecule has 0 aliphatic rings. The molecule has 0 bridgehead atoms. The molecule has 0 spiro atoms. The molecule has 1 unspecified atom stereocenters. The largest absolute Gasteiger partial charge is 0.444 e. The number of nitrogens with one attached hydrogen (secondary N) is 2. The highest BCUT2D eigenvalue weighted by Gasteiger charge is 2.09. The SMILES string of the molecule is CC(=O)NCCNC(C)c1ncc(C)o1. The van der Waals surface area contributed by atoms with Gasteiger partial charge in [0, 0.05) is 20.0 Å². The van der Waals surface area contributed by atoms with E-state index >= 15 is 0 Å². The van der Waals surface area contributed by atoms with Crippen LogP contribution >= 0.6 is 0 Å². The highest BCUT2D eigenvalue weighted by molar-refractivity contribution is 5.72. The van der Waals surface area contributed by atoms with Crippen LogP contribution in [-0.4, -0.2) is 24.0 Å². The first-order chi connectivity index (χ1) is 7.09.